The van der Waals surface area contributed by atoms with E-state index >= 15 is 0 Å². The first-order chi connectivity index (χ1) is 21.6. The van der Waals surface area contributed by atoms with Crippen LogP contribution in [-0.2, 0) is 32.1 Å². The van der Waals surface area contributed by atoms with E-state index in [1.165, 1.54) is 6.92 Å². The summed E-state index contributed by atoms with van der Waals surface area (Å²) in [5.41, 5.74) is 2.08. The molecule has 0 bridgehead atoms. The number of Topliss-reactive ketones (excluding diaryl/α,β-unsaturated/α-hetero) is 1. The highest BCUT2D eigenvalue weighted by molar-refractivity contribution is 6.38. The van der Waals surface area contributed by atoms with Gasteiger partial charge in [-0.3, -0.25) is 24.0 Å². The van der Waals surface area contributed by atoms with Crippen molar-refractivity contribution in [2.24, 2.45) is 5.92 Å². The first-order valence-electron chi connectivity index (χ1n) is 14.9. The number of nitrogens with one attached hydrogen (secondary N) is 4. The maximum atomic E-state index is 13.6. The van der Waals surface area contributed by atoms with Gasteiger partial charge >= 0.3 is 0 Å². The Hall–Kier alpha value is -5.31. The molecule has 9 nitrogen and oxygen atoms in total. The summed E-state index contributed by atoms with van der Waals surface area (Å²) in [5.74, 6) is -3.62. The van der Waals surface area contributed by atoms with Gasteiger partial charge in [-0.2, -0.15) is 0 Å². The zero-order valence-electron chi connectivity index (χ0n) is 25.6. The number of rotatable bonds is 13. The van der Waals surface area contributed by atoms with Crippen molar-refractivity contribution in [1.29, 1.82) is 0 Å². The Bertz CT molecular complexity index is 1650. The lowest BCUT2D eigenvalue weighted by Gasteiger charge is -2.25. The Labute approximate surface area is 262 Å². The van der Waals surface area contributed by atoms with Crippen molar-refractivity contribution in [1.82, 2.24) is 21.3 Å². The summed E-state index contributed by atoms with van der Waals surface area (Å²) in [6, 6.07) is 28.1. The molecule has 9 heteroatoms. The van der Waals surface area contributed by atoms with Crippen molar-refractivity contribution in [3.05, 3.63) is 120 Å². The van der Waals surface area contributed by atoms with E-state index in [0.29, 0.717) is 5.56 Å². The van der Waals surface area contributed by atoms with E-state index in [2.05, 4.69) is 21.3 Å². The third-order valence-electron chi connectivity index (χ3n) is 7.48. The monoisotopic (exact) mass is 606 g/mol. The largest absolute Gasteiger partial charge is 0.345 e. The van der Waals surface area contributed by atoms with Crippen LogP contribution in [-0.4, -0.2) is 47.5 Å². The molecule has 4 N–H and O–H groups in total. The highest BCUT2D eigenvalue weighted by Gasteiger charge is 2.32. The molecule has 0 aromatic heterocycles. The van der Waals surface area contributed by atoms with E-state index < -0.39 is 53.5 Å². The van der Waals surface area contributed by atoms with E-state index in [1.807, 2.05) is 72.8 Å². The minimum absolute atomic E-state index is 0.170. The second-order valence-corrected chi connectivity index (χ2v) is 11.2. The number of benzene rings is 4. The minimum atomic E-state index is -1.10. The smallest absolute Gasteiger partial charge is 0.289 e. The fraction of sp³-hybridized carbons (Fsp3) is 0.250. The standard InChI is InChI=1S/C36H38N4O5/c1-23(2)31(32(41)36(45)37-22-25-13-6-4-7-14-25)40-33(42)24(3)38-35(44)30(39-34(43)27-16-8-5-9-17-27)21-28-19-12-18-26-15-10-11-20-29(26)28/h4-20,23-24,30-31H,21-22H2,1-3H3,(H,37,45)(H,38,44)(H,39,43)(H,40,42). The Kier molecular flexibility index (Phi) is 11.2. The summed E-state index contributed by atoms with van der Waals surface area (Å²) in [6.45, 7) is 5.09. The number of amides is 4. The number of ketones is 1. The molecule has 0 saturated carbocycles. The summed E-state index contributed by atoms with van der Waals surface area (Å²) >= 11 is 0. The summed E-state index contributed by atoms with van der Waals surface area (Å²) in [4.78, 5) is 65.5. The summed E-state index contributed by atoms with van der Waals surface area (Å²) in [6.07, 6.45) is 0.175. The first-order valence-corrected chi connectivity index (χ1v) is 14.9. The molecule has 0 aliphatic rings. The summed E-state index contributed by atoms with van der Waals surface area (Å²) in [7, 11) is 0. The second-order valence-electron chi connectivity index (χ2n) is 11.2. The number of hydrogen-bond acceptors (Lipinski definition) is 5. The second kappa shape index (κ2) is 15.4. The molecule has 0 heterocycles. The third kappa shape index (κ3) is 8.86. The van der Waals surface area contributed by atoms with E-state index in [1.54, 1.807) is 44.2 Å². The third-order valence-corrected chi connectivity index (χ3v) is 7.48. The Morgan fingerprint density at radius 1 is 0.644 bits per heavy atom. The van der Waals surface area contributed by atoms with Gasteiger partial charge < -0.3 is 21.3 Å². The van der Waals surface area contributed by atoms with Gasteiger partial charge in [-0.1, -0.05) is 105 Å². The predicted octanol–water partition coefficient (Wildman–Crippen LogP) is 3.71. The van der Waals surface area contributed by atoms with Gasteiger partial charge in [0.1, 0.15) is 12.1 Å². The molecule has 3 atom stereocenters. The van der Waals surface area contributed by atoms with Crippen LogP contribution in [0.1, 0.15) is 42.3 Å². The van der Waals surface area contributed by atoms with Gasteiger partial charge in [-0.25, -0.2) is 0 Å². The minimum Gasteiger partial charge on any atom is -0.345 e. The van der Waals surface area contributed by atoms with Crippen molar-refractivity contribution in [3.8, 4) is 0 Å². The topological polar surface area (TPSA) is 133 Å². The van der Waals surface area contributed by atoms with Gasteiger partial charge in [0, 0.05) is 18.5 Å². The quantitative estimate of drug-likeness (QED) is 0.172. The summed E-state index contributed by atoms with van der Waals surface area (Å²) < 4.78 is 0. The van der Waals surface area contributed by atoms with E-state index in [9.17, 15) is 24.0 Å². The molecule has 45 heavy (non-hydrogen) atoms. The molecule has 4 rings (SSSR count). The van der Waals surface area contributed by atoms with E-state index in [-0.39, 0.29) is 13.0 Å². The van der Waals surface area contributed by atoms with Gasteiger partial charge in [-0.05, 0) is 46.9 Å². The van der Waals surface area contributed by atoms with Crippen molar-refractivity contribution >= 4 is 40.2 Å². The average Bonchev–Trinajstić information content (AvgIpc) is 3.06. The maximum Gasteiger partial charge on any atom is 0.289 e. The molecule has 0 saturated heterocycles. The fourth-order valence-corrected chi connectivity index (χ4v) is 4.93. The molecule has 0 spiro atoms. The SMILES string of the molecule is CC(NC(=O)C(Cc1cccc2ccccc12)NC(=O)c1ccccc1)C(=O)NC(C(=O)C(=O)NCc1ccccc1)C(C)C. The number of carbonyl (C=O) groups is 5. The molecule has 0 aliphatic carbocycles. The maximum absolute atomic E-state index is 13.6. The van der Waals surface area contributed by atoms with Gasteiger partial charge in [-0.15, -0.1) is 0 Å². The highest BCUT2D eigenvalue weighted by Crippen LogP contribution is 2.20. The Balaban J connectivity index is 1.45. The molecular weight excluding hydrogens is 568 g/mol. The van der Waals surface area contributed by atoms with Gasteiger partial charge in [0.15, 0.2) is 0 Å². The Morgan fingerprint density at radius 2 is 1.27 bits per heavy atom. The zero-order chi connectivity index (χ0) is 32.3. The van der Waals surface area contributed by atoms with Crippen LogP contribution in [0.3, 0.4) is 0 Å². The van der Waals surface area contributed by atoms with Crippen LogP contribution in [0.25, 0.3) is 10.8 Å². The molecule has 4 amide bonds. The molecule has 3 unspecified atom stereocenters. The van der Waals surface area contributed by atoms with Crippen LogP contribution in [0.4, 0.5) is 0 Å². The van der Waals surface area contributed by atoms with Crippen LogP contribution in [0, 0.1) is 5.92 Å². The predicted molar refractivity (Wildman–Crippen MR) is 173 cm³/mol. The number of carbonyl (C=O) groups excluding carboxylic acids is 5. The average molecular weight is 607 g/mol. The Morgan fingerprint density at radius 3 is 1.96 bits per heavy atom. The van der Waals surface area contributed by atoms with Crippen LogP contribution in [0.15, 0.2) is 103 Å². The van der Waals surface area contributed by atoms with Crippen molar-refractivity contribution in [3.63, 3.8) is 0 Å². The lowest BCUT2D eigenvalue weighted by molar-refractivity contribution is -0.141. The van der Waals surface area contributed by atoms with E-state index in [0.717, 1.165) is 21.9 Å². The van der Waals surface area contributed by atoms with Crippen molar-refractivity contribution in [2.75, 3.05) is 0 Å². The molecule has 4 aromatic carbocycles. The van der Waals surface area contributed by atoms with Crippen LogP contribution in [0.5, 0.6) is 0 Å². The van der Waals surface area contributed by atoms with Gasteiger partial charge in [0.25, 0.3) is 11.8 Å². The van der Waals surface area contributed by atoms with Crippen molar-refractivity contribution < 1.29 is 24.0 Å². The highest BCUT2D eigenvalue weighted by atomic mass is 16.2. The molecule has 4 aromatic rings. The van der Waals surface area contributed by atoms with Crippen molar-refractivity contribution in [2.45, 2.75) is 51.9 Å². The van der Waals surface area contributed by atoms with E-state index in [4.69, 9.17) is 0 Å². The molecule has 0 aliphatic heterocycles. The molecule has 0 radical (unpaired) electrons. The lowest BCUT2D eigenvalue weighted by atomic mass is 9.97. The fourth-order valence-electron chi connectivity index (χ4n) is 4.93. The van der Waals surface area contributed by atoms with Crippen LogP contribution in [0.2, 0.25) is 0 Å². The lowest BCUT2D eigenvalue weighted by Crippen LogP contribution is -2.57. The van der Waals surface area contributed by atoms with Crippen LogP contribution < -0.4 is 21.3 Å². The number of hydrogen-bond donors (Lipinski definition) is 4. The summed E-state index contributed by atoms with van der Waals surface area (Å²) in [5, 5.41) is 12.7. The van der Waals surface area contributed by atoms with Gasteiger partial charge in [0.2, 0.25) is 17.6 Å². The van der Waals surface area contributed by atoms with Gasteiger partial charge in [0.05, 0.1) is 6.04 Å². The first kappa shape index (κ1) is 32.6. The van der Waals surface area contributed by atoms with Crippen LogP contribution >= 0.6 is 0 Å². The molecule has 232 valence electrons. The molecular formula is C36H38N4O5. The normalized spacial score (nSPS) is 12.9. The zero-order valence-corrected chi connectivity index (χ0v) is 25.6. The number of fused-ring (bicyclic) bond motifs is 1. The molecule has 0 fully saturated rings.